The van der Waals surface area contributed by atoms with Gasteiger partial charge in [-0.3, -0.25) is 9.48 Å². The molecular formula is C17H21N7O. The van der Waals surface area contributed by atoms with E-state index < -0.39 is 6.04 Å². The van der Waals surface area contributed by atoms with Crippen LogP contribution < -0.4 is 5.32 Å². The fourth-order valence-electron chi connectivity index (χ4n) is 2.62. The topological polar surface area (TPSA) is 80.9 Å². The molecule has 25 heavy (non-hydrogen) atoms. The molecule has 0 spiro atoms. The van der Waals surface area contributed by atoms with Gasteiger partial charge in [0.2, 0.25) is 5.91 Å². The van der Waals surface area contributed by atoms with Crippen molar-refractivity contribution >= 4 is 5.91 Å². The first-order valence-corrected chi connectivity index (χ1v) is 7.96. The van der Waals surface area contributed by atoms with Crippen LogP contribution in [0.5, 0.6) is 0 Å². The van der Waals surface area contributed by atoms with Gasteiger partial charge in [0.1, 0.15) is 11.7 Å². The van der Waals surface area contributed by atoms with Crippen molar-refractivity contribution in [2.24, 2.45) is 7.05 Å². The summed E-state index contributed by atoms with van der Waals surface area (Å²) in [6, 6.07) is 9.22. The molecule has 0 saturated carbocycles. The Morgan fingerprint density at radius 3 is 2.64 bits per heavy atom. The van der Waals surface area contributed by atoms with Crippen LogP contribution in [0.2, 0.25) is 0 Å². The number of likely N-dealkylation sites (N-methyl/N-ethyl adjacent to an activating group) is 2. The highest BCUT2D eigenvalue weighted by atomic mass is 16.2. The molecule has 1 unspecified atom stereocenters. The molecule has 2 heterocycles. The van der Waals surface area contributed by atoms with Crippen LogP contribution in [-0.4, -0.2) is 49.7 Å². The fourth-order valence-corrected chi connectivity index (χ4v) is 2.62. The highest BCUT2D eigenvalue weighted by Gasteiger charge is 2.24. The maximum absolute atomic E-state index is 12.7. The second kappa shape index (κ2) is 7.27. The van der Waals surface area contributed by atoms with Crippen LogP contribution in [0, 0.1) is 0 Å². The molecule has 0 radical (unpaired) electrons. The maximum atomic E-state index is 12.7. The molecule has 0 aliphatic carbocycles. The molecule has 1 atom stereocenters. The number of aryl methyl sites for hydroxylation is 1. The van der Waals surface area contributed by atoms with Crippen molar-refractivity contribution in [2.45, 2.75) is 12.6 Å². The number of amides is 1. The summed E-state index contributed by atoms with van der Waals surface area (Å²) in [4.78, 5) is 15.9. The minimum absolute atomic E-state index is 0.0511. The zero-order valence-electron chi connectivity index (χ0n) is 14.5. The average Bonchev–Trinajstić information content (AvgIpc) is 3.25. The Bertz CT molecular complexity index is 840. The fraction of sp³-hybridized carbons (Fsp3) is 0.294. The molecule has 0 aliphatic rings. The third-order valence-corrected chi connectivity index (χ3v) is 3.90. The average molecular weight is 339 g/mol. The molecule has 0 saturated heterocycles. The van der Waals surface area contributed by atoms with E-state index in [1.807, 2.05) is 43.6 Å². The van der Waals surface area contributed by atoms with Crippen LogP contribution in [-0.2, 0) is 18.4 Å². The third-order valence-electron chi connectivity index (χ3n) is 3.90. The predicted octanol–water partition coefficient (Wildman–Crippen LogP) is 0.920. The van der Waals surface area contributed by atoms with Crippen molar-refractivity contribution in [2.75, 3.05) is 14.1 Å². The number of nitrogens with one attached hydrogen (secondary N) is 1. The Balaban J connectivity index is 1.70. The summed E-state index contributed by atoms with van der Waals surface area (Å²) in [6.07, 6.45) is 5.20. The van der Waals surface area contributed by atoms with E-state index >= 15 is 0 Å². The van der Waals surface area contributed by atoms with Gasteiger partial charge in [-0.1, -0.05) is 18.2 Å². The van der Waals surface area contributed by atoms with Gasteiger partial charge in [-0.2, -0.15) is 20.1 Å². The Hall–Kier alpha value is -3.00. The van der Waals surface area contributed by atoms with E-state index in [0.29, 0.717) is 6.54 Å². The summed E-state index contributed by atoms with van der Waals surface area (Å²) in [6.45, 7) is 0.379. The Morgan fingerprint density at radius 2 is 2.00 bits per heavy atom. The molecule has 2 aromatic heterocycles. The molecular weight excluding hydrogens is 318 g/mol. The predicted molar refractivity (Wildman–Crippen MR) is 92.8 cm³/mol. The lowest BCUT2D eigenvalue weighted by Crippen LogP contribution is -2.37. The Labute approximate surface area is 146 Å². The second-order valence-electron chi connectivity index (χ2n) is 5.82. The van der Waals surface area contributed by atoms with Crippen molar-refractivity contribution in [3.8, 4) is 5.69 Å². The van der Waals surface area contributed by atoms with Gasteiger partial charge in [0, 0.05) is 25.9 Å². The zero-order chi connectivity index (χ0) is 17.8. The number of benzene rings is 1. The van der Waals surface area contributed by atoms with Gasteiger partial charge in [0.05, 0.1) is 24.6 Å². The van der Waals surface area contributed by atoms with Crippen LogP contribution in [0.25, 0.3) is 5.69 Å². The smallest absolute Gasteiger partial charge is 0.244 e. The summed E-state index contributed by atoms with van der Waals surface area (Å²) in [5.41, 5.74) is 2.43. The van der Waals surface area contributed by atoms with Gasteiger partial charge < -0.3 is 10.2 Å². The molecule has 0 bridgehead atoms. The number of para-hydroxylation sites is 1. The molecule has 3 rings (SSSR count). The molecule has 1 N–H and O–H groups in total. The maximum Gasteiger partial charge on any atom is 0.244 e. The van der Waals surface area contributed by atoms with Crippen LogP contribution in [0.4, 0.5) is 0 Å². The summed E-state index contributed by atoms with van der Waals surface area (Å²) in [5.74, 6) is -0.0511. The molecule has 1 aromatic carbocycles. The van der Waals surface area contributed by atoms with Crippen molar-refractivity contribution in [1.29, 1.82) is 0 Å². The van der Waals surface area contributed by atoms with Gasteiger partial charge in [-0.25, -0.2) is 0 Å². The van der Waals surface area contributed by atoms with E-state index in [9.17, 15) is 4.79 Å². The largest absolute Gasteiger partial charge is 0.338 e. The SMILES string of the molecule is CNC(C(=O)N(C)Cc1cnn(-c2ccccc2)n1)c1cnn(C)c1. The third kappa shape index (κ3) is 3.74. The van der Waals surface area contributed by atoms with Crippen LogP contribution in [0.15, 0.2) is 48.9 Å². The number of hydrogen-bond acceptors (Lipinski definition) is 5. The van der Waals surface area contributed by atoms with Crippen LogP contribution >= 0.6 is 0 Å². The lowest BCUT2D eigenvalue weighted by atomic mass is 10.1. The van der Waals surface area contributed by atoms with Gasteiger partial charge in [0.15, 0.2) is 0 Å². The van der Waals surface area contributed by atoms with E-state index in [-0.39, 0.29) is 5.91 Å². The van der Waals surface area contributed by atoms with Crippen LogP contribution in [0.1, 0.15) is 17.3 Å². The van der Waals surface area contributed by atoms with E-state index in [1.165, 1.54) is 0 Å². The van der Waals surface area contributed by atoms with E-state index in [0.717, 1.165) is 16.9 Å². The van der Waals surface area contributed by atoms with Gasteiger partial charge >= 0.3 is 0 Å². The highest BCUT2D eigenvalue weighted by molar-refractivity contribution is 5.82. The number of carbonyl (C=O) groups excluding carboxylic acids is 1. The minimum Gasteiger partial charge on any atom is -0.338 e. The molecule has 0 aliphatic heterocycles. The number of carbonyl (C=O) groups is 1. The lowest BCUT2D eigenvalue weighted by molar-refractivity contribution is -0.132. The molecule has 8 heteroatoms. The zero-order valence-corrected chi connectivity index (χ0v) is 14.5. The number of rotatable bonds is 6. The number of aromatic nitrogens is 5. The first kappa shape index (κ1) is 16.8. The first-order valence-electron chi connectivity index (χ1n) is 7.96. The molecule has 3 aromatic rings. The monoisotopic (exact) mass is 339 g/mol. The Kier molecular flexibility index (Phi) is 4.90. The number of hydrogen-bond donors (Lipinski definition) is 1. The Morgan fingerprint density at radius 1 is 1.24 bits per heavy atom. The normalized spacial score (nSPS) is 12.1. The van der Waals surface area contributed by atoms with E-state index in [2.05, 4.69) is 20.6 Å². The van der Waals surface area contributed by atoms with Gasteiger partial charge in [-0.05, 0) is 19.2 Å². The molecule has 0 fully saturated rings. The van der Waals surface area contributed by atoms with Crippen molar-refractivity contribution in [3.63, 3.8) is 0 Å². The summed E-state index contributed by atoms with van der Waals surface area (Å²) in [5, 5.41) is 15.9. The molecule has 1 amide bonds. The van der Waals surface area contributed by atoms with Gasteiger partial charge in [-0.15, -0.1) is 0 Å². The van der Waals surface area contributed by atoms with Crippen LogP contribution in [0.3, 0.4) is 0 Å². The standard InChI is InChI=1S/C17H21N7O/c1-18-16(13-9-19-23(3)11-13)17(25)22(2)12-14-10-20-24(21-14)15-7-5-4-6-8-15/h4-11,16,18H,12H2,1-3H3. The summed E-state index contributed by atoms with van der Waals surface area (Å²) >= 11 is 0. The summed E-state index contributed by atoms with van der Waals surface area (Å²) < 4.78 is 1.68. The highest BCUT2D eigenvalue weighted by Crippen LogP contribution is 2.15. The minimum atomic E-state index is -0.442. The van der Waals surface area contributed by atoms with E-state index in [1.54, 1.807) is 40.9 Å². The van der Waals surface area contributed by atoms with E-state index in [4.69, 9.17) is 0 Å². The summed E-state index contributed by atoms with van der Waals surface area (Å²) in [7, 11) is 5.34. The molecule has 8 nitrogen and oxygen atoms in total. The van der Waals surface area contributed by atoms with Crippen molar-refractivity contribution < 1.29 is 4.79 Å². The number of nitrogens with zero attached hydrogens (tertiary/aromatic N) is 6. The molecule has 130 valence electrons. The van der Waals surface area contributed by atoms with Gasteiger partial charge in [0.25, 0.3) is 0 Å². The first-order chi connectivity index (χ1) is 12.1. The van der Waals surface area contributed by atoms with Crippen molar-refractivity contribution in [3.05, 3.63) is 60.2 Å². The van der Waals surface area contributed by atoms with Crippen molar-refractivity contribution in [1.82, 2.24) is 35.0 Å². The quantitative estimate of drug-likeness (QED) is 0.722. The second-order valence-corrected chi connectivity index (χ2v) is 5.82. The lowest BCUT2D eigenvalue weighted by Gasteiger charge is -2.22.